The molecule has 0 saturated heterocycles. The number of primary amides is 1. The lowest BCUT2D eigenvalue weighted by Gasteiger charge is -2.30. The highest BCUT2D eigenvalue weighted by Gasteiger charge is 2.39. The third kappa shape index (κ3) is 6.55. The zero-order valence-corrected chi connectivity index (χ0v) is 22.9. The van der Waals surface area contributed by atoms with E-state index in [1.165, 1.54) is 12.8 Å². The van der Waals surface area contributed by atoms with E-state index in [0.717, 1.165) is 29.9 Å². The van der Waals surface area contributed by atoms with Gasteiger partial charge in [-0.25, -0.2) is 0 Å². The molecule has 0 bridgehead atoms. The zero-order valence-electron chi connectivity index (χ0n) is 22.9. The van der Waals surface area contributed by atoms with Crippen molar-refractivity contribution >= 4 is 34.8 Å². The van der Waals surface area contributed by atoms with Crippen LogP contribution in [0.3, 0.4) is 0 Å². The third-order valence-electron chi connectivity index (χ3n) is 7.75. The lowest BCUT2D eigenvalue weighted by molar-refractivity contribution is -0.136. The summed E-state index contributed by atoms with van der Waals surface area (Å²) in [4.78, 5) is 44.3. The molecule has 3 amide bonds. The van der Waals surface area contributed by atoms with Gasteiger partial charge in [-0.05, 0) is 55.4 Å². The van der Waals surface area contributed by atoms with Crippen LogP contribution >= 0.6 is 0 Å². The zero-order chi connectivity index (χ0) is 27.2. The van der Waals surface area contributed by atoms with Crippen LogP contribution in [0, 0.1) is 23.7 Å². The maximum atomic E-state index is 14.1. The summed E-state index contributed by atoms with van der Waals surface area (Å²) < 4.78 is 0. The van der Waals surface area contributed by atoms with Crippen LogP contribution in [0.5, 0.6) is 0 Å². The number of carbonyl (C=O) groups is 3. The van der Waals surface area contributed by atoms with Gasteiger partial charge in [-0.2, -0.15) is 0 Å². The van der Waals surface area contributed by atoms with Crippen molar-refractivity contribution in [1.82, 2.24) is 5.32 Å². The first-order chi connectivity index (χ1) is 18.3. The number of rotatable bonds is 12. The van der Waals surface area contributed by atoms with Crippen molar-refractivity contribution in [3.05, 3.63) is 54.6 Å². The molecular formula is C31H42N4O3. The Labute approximate surface area is 226 Å². The highest BCUT2D eigenvalue weighted by atomic mass is 16.2. The summed E-state index contributed by atoms with van der Waals surface area (Å²) in [5.41, 5.74) is 8.53. The van der Waals surface area contributed by atoms with Gasteiger partial charge in [-0.15, -0.1) is 0 Å². The smallest absolute Gasteiger partial charge is 0.251 e. The molecule has 3 atom stereocenters. The SMILES string of the molecule is CCCC(C(N)=O)C(CC(C)C)C(=O)NC1CN(c2ccccc2)c2ccccc2N(CCC2CC2)C1=O. The van der Waals surface area contributed by atoms with Crippen molar-refractivity contribution in [3.8, 4) is 0 Å². The molecule has 2 aromatic rings. The number of nitrogens with two attached hydrogens (primary N) is 1. The second kappa shape index (κ2) is 12.5. The topological polar surface area (TPSA) is 95.7 Å². The number of nitrogens with one attached hydrogen (secondary N) is 1. The van der Waals surface area contributed by atoms with Gasteiger partial charge in [0.25, 0.3) is 5.91 Å². The number of amides is 3. The predicted octanol–water partition coefficient (Wildman–Crippen LogP) is 5.02. The minimum absolute atomic E-state index is 0.112. The van der Waals surface area contributed by atoms with E-state index < -0.39 is 23.8 Å². The van der Waals surface area contributed by atoms with E-state index in [4.69, 9.17) is 5.73 Å². The van der Waals surface area contributed by atoms with Gasteiger partial charge in [0.2, 0.25) is 11.8 Å². The van der Waals surface area contributed by atoms with Gasteiger partial charge in [0, 0.05) is 24.1 Å². The van der Waals surface area contributed by atoms with E-state index >= 15 is 0 Å². The van der Waals surface area contributed by atoms with E-state index in [1.807, 2.05) is 80.3 Å². The van der Waals surface area contributed by atoms with Crippen molar-refractivity contribution < 1.29 is 14.4 Å². The number of carbonyl (C=O) groups excluding carboxylic acids is 3. The number of hydrogen-bond acceptors (Lipinski definition) is 4. The first-order valence-electron chi connectivity index (χ1n) is 14.1. The molecule has 0 aromatic heterocycles. The van der Waals surface area contributed by atoms with Gasteiger partial charge in [0.15, 0.2) is 0 Å². The van der Waals surface area contributed by atoms with Crippen LogP contribution in [0.25, 0.3) is 0 Å². The van der Waals surface area contributed by atoms with Crippen molar-refractivity contribution in [1.29, 1.82) is 0 Å². The van der Waals surface area contributed by atoms with Crippen molar-refractivity contribution in [3.63, 3.8) is 0 Å². The fraction of sp³-hybridized carbons (Fsp3) is 0.516. The largest absolute Gasteiger partial charge is 0.369 e. The third-order valence-corrected chi connectivity index (χ3v) is 7.75. The predicted molar refractivity (Wildman–Crippen MR) is 152 cm³/mol. The number of nitrogens with zero attached hydrogens (tertiary/aromatic N) is 2. The second-order valence-electron chi connectivity index (χ2n) is 11.3. The van der Waals surface area contributed by atoms with Crippen molar-refractivity contribution in [2.24, 2.45) is 29.4 Å². The summed E-state index contributed by atoms with van der Waals surface area (Å²) in [7, 11) is 0. The Bertz CT molecular complexity index is 1120. The minimum atomic E-state index is -0.765. The summed E-state index contributed by atoms with van der Waals surface area (Å²) >= 11 is 0. The average molecular weight is 519 g/mol. The maximum absolute atomic E-state index is 14.1. The summed E-state index contributed by atoms with van der Waals surface area (Å²) in [6.07, 6.45) is 5.21. The van der Waals surface area contributed by atoms with Crippen LogP contribution in [0.2, 0.25) is 0 Å². The number of hydrogen-bond donors (Lipinski definition) is 2. The molecule has 0 radical (unpaired) electrons. The average Bonchev–Trinajstić information content (AvgIpc) is 3.74. The van der Waals surface area contributed by atoms with Crippen LogP contribution in [0.1, 0.15) is 59.3 Å². The van der Waals surface area contributed by atoms with E-state index in [1.54, 1.807) is 0 Å². The molecule has 1 fully saturated rings. The number of para-hydroxylation sites is 3. The molecule has 3 N–H and O–H groups in total. The molecule has 1 aliphatic carbocycles. The maximum Gasteiger partial charge on any atom is 0.251 e. The second-order valence-corrected chi connectivity index (χ2v) is 11.3. The summed E-state index contributed by atoms with van der Waals surface area (Å²) in [6.45, 7) is 6.98. The molecule has 4 rings (SSSR count). The van der Waals surface area contributed by atoms with Gasteiger partial charge in [-0.3, -0.25) is 14.4 Å². The van der Waals surface area contributed by atoms with E-state index in [9.17, 15) is 14.4 Å². The normalized spacial score (nSPS) is 19.1. The van der Waals surface area contributed by atoms with Crippen LogP contribution in [-0.4, -0.2) is 36.9 Å². The van der Waals surface area contributed by atoms with E-state index in [2.05, 4.69) is 10.2 Å². The molecule has 7 nitrogen and oxygen atoms in total. The first kappa shape index (κ1) is 27.7. The van der Waals surface area contributed by atoms with Crippen molar-refractivity contribution in [2.45, 2.75) is 65.3 Å². The molecule has 7 heteroatoms. The van der Waals surface area contributed by atoms with Gasteiger partial charge in [-0.1, -0.05) is 70.4 Å². The minimum Gasteiger partial charge on any atom is -0.369 e. The summed E-state index contributed by atoms with van der Waals surface area (Å²) in [5.74, 6) is -1.10. The quantitative estimate of drug-likeness (QED) is 0.412. The van der Waals surface area contributed by atoms with Crippen LogP contribution < -0.4 is 20.9 Å². The Morgan fingerprint density at radius 1 is 1.00 bits per heavy atom. The lowest BCUT2D eigenvalue weighted by Crippen LogP contribution is -2.54. The molecule has 0 spiro atoms. The highest BCUT2D eigenvalue weighted by Crippen LogP contribution is 2.39. The standard InChI is InChI=1S/C31H42N4O3/c1-4-10-24(29(32)36)25(19-21(2)3)30(37)33-26-20-35(23-11-6-5-7-12-23)28-14-9-8-13-27(28)34(31(26)38)18-17-22-15-16-22/h5-9,11-14,21-22,24-26H,4,10,15-20H2,1-3H3,(H2,32,36)(H,33,37). The molecule has 1 aliphatic heterocycles. The van der Waals surface area contributed by atoms with Crippen LogP contribution in [0.15, 0.2) is 54.6 Å². The molecule has 2 aliphatic rings. The van der Waals surface area contributed by atoms with Gasteiger partial charge >= 0.3 is 0 Å². The van der Waals surface area contributed by atoms with E-state index in [-0.39, 0.29) is 17.7 Å². The molecule has 1 saturated carbocycles. The number of fused-ring (bicyclic) bond motifs is 1. The Kier molecular flexibility index (Phi) is 9.08. The Morgan fingerprint density at radius 3 is 2.26 bits per heavy atom. The van der Waals surface area contributed by atoms with Gasteiger partial charge in [0.1, 0.15) is 6.04 Å². The Balaban J connectivity index is 1.69. The van der Waals surface area contributed by atoms with Crippen LogP contribution in [0.4, 0.5) is 17.1 Å². The van der Waals surface area contributed by atoms with Gasteiger partial charge < -0.3 is 20.9 Å². The summed E-state index contributed by atoms with van der Waals surface area (Å²) in [6, 6.07) is 17.2. The molecule has 1 heterocycles. The molecule has 3 unspecified atom stereocenters. The molecular weight excluding hydrogens is 476 g/mol. The molecule has 2 aromatic carbocycles. The fourth-order valence-corrected chi connectivity index (χ4v) is 5.59. The first-order valence-corrected chi connectivity index (χ1v) is 14.1. The lowest BCUT2D eigenvalue weighted by atomic mass is 9.81. The van der Waals surface area contributed by atoms with Crippen LogP contribution in [-0.2, 0) is 14.4 Å². The molecule has 38 heavy (non-hydrogen) atoms. The monoisotopic (exact) mass is 518 g/mol. The van der Waals surface area contributed by atoms with Crippen molar-refractivity contribution in [2.75, 3.05) is 22.9 Å². The Morgan fingerprint density at radius 2 is 1.66 bits per heavy atom. The summed E-state index contributed by atoms with van der Waals surface area (Å²) in [5, 5.41) is 3.10. The van der Waals surface area contributed by atoms with Gasteiger partial charge in [0.05, 0.1) is 17.9 Å². The highest BCUT2D eigenvalue weighted by molar-refractivity contribution is 6.04. The fourth-order valence-electron chi connectivity index (χ4n) is 5.59. The number of benzene rings is 2. The van der Waals surface area contributed by atoms with E-state index in [0.29, 0.717) is 31.8 Å². The Hall–Kier alpha value is -3.35. The molecule has 204 valence electrons. The number of anilines is 3.